The van der Waals surface area contributed by atoms with E-state index >= 15 is 0 Å². The molecule has 1 atom stereocenters. The second kappa shape index (κ2) is 4.61. The van der Waals surface area contributed by atoms with Crippen LogP contribution in [0.25, 0.3) is 28.2 Å². The molecule has 116 valence electrons. The van der Waals surface area contributed by atoms with Gasteiger partial charge in [-0.2, -0.15) is 4.58 Å². The second-order valence-corrected chi connectivity index (χ2v) is 6.53. The summed E-state index contributed by atoms with van der Waals surface area (Å²) in [6.07, 6.45) is 4.18. The predicted octanol–water partition coefficient (Wildman–Crippen LogP) is 2.97. The molecule has 4 heterocycles. The zero-order chi connectivity index (χ0) is 16.4. The number of aromatic nitrogens is 2. The summed E-state index contributed by atoms with van der Waals surface area (Å²) in [6, 6.07) is 23.4. The molecular formula is C22H14N3+. The van der Waals surface area contributed by atoms with Gasteiger partial charge < -0.3 is 0 Å². The molecule has 6 rings (SSSR count). The largest absolute Gasteiger partial charge is 0.253 e. The van der Waals surface area contributed by atoms with Gasteiger partial charge in [-0.3, -0.25) is 4.98 Å². The molecule has 2 aromatic heterocycles. The lowest BCUT2D eigenvalue weighted by atomic mass is 9.96. The molecule has 3 nitrogen and oxygen atoms in total. The van der Waals surface area contributed by atoms with Crippen molar-refractivity contribution < 1.29 is 0 Å². The van der Waals surface area contributed by atoms with Crippen LogP contribution in [0.5, 0.6) is 0 Å². The fourth-order valence-corrected chi connectivity index (χ4v) is 4.06. The predicted molar refractivity (Wildman–Crippen MR) is 98.8 cm³/mol. The summed E-state index contributed by atoms with van der Waals surface area (Å²) in [5, 5.41) is 3.64. The normalized spacial score (nSPS) is 16.6. The number of hydrogen-bond donors (Lipinski definition) is 0. The maximum Gasteiger partial charge on any atom is 0.233 e. The number of nitrogens with zero attached hydrogens (tertiary/aromatic N) is 3. The van der Waals surface area contributed by atoms with Crippen LogP contribution in [0.3, 0.4) is 0 Å². The highest BCUT2D eigenvalue weighted by atomic mass is 15.1. The molecule has 0 radical (unpaired) electrons. The van der Waals surface area contributed by atoms with Gasteiger partial charge in [-0.25, -0.2) is 4.98 Å². The number of pyridine rings is 2. The summed E-state index contributed by atoms with van der Waals surface area (Å²) in [5.41, 5.74) is 5.40. The lowest BCUT2D eigenvalue weighted by molar-refractivity contribution is 0.661. The van der Waals surface area contributed by atoms with Crippen molar-refractivity contribution in [1.29, 1.82) is 0 Å². The monoisotopic (exact) mass is 320 g/mol. The molecule has 0 fully saturated rings. The minimum atomic E-state index is 0.129. The van der Waals surface area contributed by atoms with Crippen LogP contribution in [-0.4, -0.2) is 9.97 Å². The van der Waals surface area contributed by atoms with E-state index in [9.17, 15) is 0 Å². The van der Waals surface area contributed by atoms with Crippen LogP contribution in [0, 0.1) is 0 Å². The maximum absolute atomic E-state index is 4.99. The van der Waals surface area contributed by atoms with Crippen molar-refractivity contribution in [2.24, 2.45) is 0 Å². The minimum absolute atomic E-state index is 0.129. The van der Waals surface area contributed by atoms with Crippen molar-refractivity contribution in [3.63, 3.8) is 0 Å². The van der Waals surface area contributed by atoms with Crippen LogP contribution in [0.4, 0.5) is 5.69 Å². The zero-order valence-corrected chi connectivity index (χ0v) is 13.4. The van der Waals surface area contributed by atoms with Crippen LogP contribution in [-0.2, 0) is 0 Å². The first kappa shape index (κ1) is 13.0. The van der Waals surface area contributed by atoms with Gasteiger partial charge in [0.1, 0.15) is 11.4 Å². The molecule has 2 aliphatic rings. The van der Waals surface area contributed by atoms with Gasteiger partial charge >= 0.3 is 0 Å². The number of fused-ring (bicyclic) bond motifs is 8. The second-order valence-electron chi connectivity index (χ2n) is 6.53. The third kappa shape index (κ3) is 1.67. The summed E-state index contributed by atoms with van der Waals surface area (Å²) >= 11 is 0. The Balaban J connectivity index is 1.85. The highest BCUT2D eigenvalue weighted by Crippen LogP contribution is 2.42. The molecule has 0 amide bonds. The van der Waals surface area contributed by atoms with Gasteiger partial charge in [0.15, 0.2) is 0 Å². The van der Waals surface area contributed by atoms with E-state index in [1.54, 1.807) is 0 Å². The third-order valence-corrected chi connectivity index (χ3v) is 5.15. The van der Waals surface area contributed by atoms with Crippen LogP contribution in [0.2, 0.25) is 0 Å². The van der Waals surface area contributed by atoms with Crippen molar-refractivity contribution in [3.8, 4) is 11.3 Å². The van der Waals surface area contributed by atoms with Gasteiger partial charge in [0.25, 0.3) is 0 Å². The topological polar surface area (TPSA) is 28.8 Å². The molecule has 4 aromatic rings. The van der Waals surface area contributed by atoms with E-state index in [0.717, 1.165) is 33.5 Å². The third-order valence-electron chi connectivity index (χ3n) is 5.15. The average molecular weight is 320 g/mol. The van der Waals surface area contributed by atoms with E-state index in [0.29, 0.717) is 0 Å². The van der Waals surface area contributed by atoms with Gasteiger partial charge in [0.2, 0.25) is 17.1 Å². The number of benzene rings is 2. The molecule has 25 heavy (non-hydrogen) atoms. The lowest BCUT2D eigenvalue weighted by Crippen LogP contribution is -2.33. The van der Waals surface area contributed by atoms with Crippen LogP contribution >= 0.6 is 0 Å². The first-order valence-electron chi connectivity index (χ1n) is 8.48. The molecule has 2 aromatic carbocycles. The van der Waals surface area contributed by atoms with Crippen LogP contribution in [0.1, 0.15) is 11.7 Å². The van der Waals surface area contributed by atoms with Crippen molar-refractivity contribution >= 4 is 22.7 Å². The van der Waals surface area contributed by atoms with Gasteiger partial charge in [0.05, 0.1) is 5.52 Å². The number of para-hydroxylation sites is 2. The van der Waals surface area contributed by atoms with E-state index < -0.39 is 0 Å². The molecule has 0 saturated carbocycles. The maximum atomic E-state index is 4.99. The summed E-state index contributed by atoms with van der Waals surface area (Å²) in [5.74, 6) is 0. The lowest BCUT2D eigenvalue weighted by Gasteiger charge is -2.20. The smallest absolute Gasteiger partial charge is 0.233 e. The molecule has 0 N–H and O–H groups in total. The van der Waals surface area contributed by atoms with Crippen LogP contribution in [0.15, 0.2) is 72.9 Å². The fourth-order valence-electron chi connectivity index (χ4n) is 4.06. The molecule has 0 saturated heterocycles. The Bertz CT molecular complexity index is 1300. The van der Waals surface area contributed by atoms with E-state index in [1.165, 1.54) is 10.6 Å². The molecule has 0 aliphatic carbocycles. The van der Waals surface area contributed by atoms with Gasteiger partial charge in [-0.05, 0) is 24.3 Å². The first-order chi connectivity index (χ1) is 12.4. The highest BCUT2D eigenvalue weighted by Gasteiger charge is 2.39. The number of rotatable bonds is 0. The molecule has 0 spiro atoms. The van der Waals surface area contributed by atoms with Gasteiger partial charge in [-0.15, -0.1) is 0 Å². The van der Waals surface area contributed by atoms with Crippen molar-refractivity contribution in [2.75, 3.05) is 0 Å². The van der Waals surface area contributed by atoms with E-state index in [1.807, 2.05) is 18.3 Å². The molecular weight excluding hydrogens is 306 g/mol. The zero-order valence-electron chi connectivity index (χ0n) is 13.4. The van der Waals surface area contributed by atoms with Crippen molar-refractivity contribution in [2.45, 2.75) is 6.04 Å². The molecule has 1 unspecified atom stereocenters. The molecule has 3 heteroatoms. The van der Waals surface area contributed by atoms with Crippen molar-refractivity contribution in [3.05, 3.63) is 89.2 Å². The molecule has 2 aliphatic heterocycles. The van der Waals surface area contributed by atoms with E-state index in [-0.39, 0.29) is 6.04 Å². The average Bonchev–Trinajstić information content (AvgIpc) is 3.07. The van der Waals surface area contributed by atoms with E-state index in [4.69, 9.17) is 9.97 Å². The van der Waals surface area contributed by atoms with Crippen molar-refractivity contribution in [1.82, 2.24) is 14.5 Å². The minimum Gasteiger partial charge on any atom is -0.253 e. The fraction of sp³-hybridized carbons (Fsp3) is 0.0455. The Morgan fingerprint density at radius 1 is 0.880 bits per heavy atom. The Labute approximate surface area is 144 Å². The van der Waals surface area contributed by atoms with E-state index in [2.05, 4.69) is 65.2 Å². The van der Waals surface area contributed by atoms with Crippen LogP contribution < -0.4 is 15.2 Å². The summed E-state index contributed by atoms with van der Waals surface area (Å²) < 4.78 is 2.37. The Hall–Kier alpha value is -3.33. The van der Waals surface area contributed by atoms with Gasteiger partial charge in [-0.1, -0.05) is 30.3 Å². The summed E-state index contributed by atoms with van der Waals surface area (Å²) in [6.45, 7) is 0. The quantitative estimate of drug-likeness (QED) is 0.466. The SMILES string of the molecule is C1=c2ccccc2=[N+]2c3cc4ccccc4nc3-c3cccnc3C12. The standard InChI is InChI=1S/C22H14N3/c1-3-9-17-14(6-1)12-20-22(24-17)16-8-5-11-23-21(16)19-13-15-7-2-4-10-18(15)25(19)20/h1-13,19H/q+1. The summed E-state index contributed by atoms with van der Waals surface area (Å²) in [4.78, 5) is 9.71. The first-order valence-corrected chi connectivity index (χ1v) is 8.48. The Morgan fingerprint density at radius 3 is 2.76 bits per heavy atom. The highest BCUT2D eigenvalue weighted by molar-refractivity contribution is 5.90. The van der Waals surface area contributed by atoms with Gasteiger partial charge in [0, 0.05) is 40.6 Å². The molecule has 0 bridgehead atoms. The Kier molecular flexibility index (Phi) is 2.40. The number of hydrogen-bond acceptors (Lipinski definition) is 2. The Morgan fingerprint density at radius 2 is 1.76 bits per heavy atom. The summed E-state index contributed by atoms with van der Waals surface area (Å²) in [7, 11) is 0.